The number of carbonyl (C=O) groups excluding carboxylic acids is 4. The first-order valence-corrected chi connectivity index (χ1v) is 19.9. The van der Waals surface area contributed by atoms with E-state index < -0.39 is 48.3 Å². The predicted molar refractivity (Wildman–Crippen MR) is 227 cm³/mol. The van der Waals surface area contributed by atoms with Gasteiger partial charge in [0.1, 0.15) is 34.8 Å². The molecule has 1 unspecified atom stereocenters. The van der Waals surface area contributed by atoms with Crippen molar-refractivity contribution in [2.75, 3.05) is 0 Å². The molecule has 0 bridgehead atoms. The average molecular weight is 813 g/mol. The van der Waals surface area contributed by atoms with Crippen molar-refractivity contribution in [1.82, 2.24) is 10.2 Å². The highest BCUT2D eigenvalue weighted by molar-refractivity contribution is 6.01. The number of hydrogen-bond donors (Lipinski definition) is 5. The summed E-state index contributed by atoms with van der Waals surface area (Å²) in [6.07, 6.45) is 19.2. The number of fused-ring (bicyclic) bond motifs is 2. The fraction of sp³-hybridized carbons (Fsp3) is 0.404. The van der Waals surface area contributed by atoms with Crippen LogP contribution in [0.15, 0.2) is 110 Å². The summed E-state index contributed by atoms with van der Waals surface area (Å²) in [5, 5.41) is 45.5. The summed E-state index contributed by atoms with van der Waals surface area (Å²) >= 11 is 0. The normalized spacial score (nSPS) is 24.3. The first kappa shape index (κ1) is 47.7. The minimum Gasteiger partial charge on any atom is -0.507 e. The van der Waals surface area contributed by atoms with Gasteiger partial charge in [-0.25, -0.2) is 19.3 Å². The number of urea groups is 1. The van der Waals surface area contributed by atoms with Crippen molar-refractivity contribution in [3.8, 4) is 11.5 Å². The SMILES string of the molecule is C.CC/C=C\C=C/C(=O)N(/C=C/C[C@H]1C[C@@H](O)[C@@H](C)C/C=C/Cc2cccc(O)c2C(=O)O1)C(=O)N/C=C/CC1C[C@@H](O)[C@@H](C)C/C=C/Cc2cccc(O)c2C(=O)O1. The number of rotatable bonds is 9. The molecule has 12 heteroatoms. The lowest BCUT2D eigenvalue weighted by Gasteiger charge is -2.25. The molecule has 0 aromatic heterocycles. The lowest BCUT2D eigenvalue weighted by atomic mass is 9.93. The highest BCUT2D eigenvalue weighted by Crippen LogP contribution is 2.28. The molecule has 5 N–H and O–H groups in total. The van der Waals surface area contributed by atoms with E-state index in [1.54, 1.807) is 36.4 Å². The lowest BCUT2D eigenvalue weighted by molar-refractivity contribution is -0.121. The van der Waals surface area contributed by atoms with Crippen LogP contribution in [0.4, 0.5) is 4.79 Å². The van der Waals surface area contributed by atoms with Crippen LogP contribution in [0.2, 0.25) is 0 Å². The van der Waals surface area contributed by atoms with Crippen molar-refractivity contribution < 1.29 is 49.1 Å². The van der Waals surface area contributed by atoms with Crippen LogP contribution in [-0.4, -0.2) is 73.6 Å². The molecule has 0 aliphatic carbocycles. The van der Waals surface area contributed by atoms with Crippen molar-refractivity contribution in [1.29, 1.82) is 0 Å². The molecule has 6 atom stereocenters. The Labute approximate surface area is 347 Å². The van der Waals surface area contributed by atoms with Crippen molar-refractivity contribution in [3.05, 3.63) is 132 Å². The van der Waals surface area contributed by atoms with E-state index in [2.05, 4.69) is 5.32 Å². The van der Waals surface area contributed by atoms with Gasteiger partial charge in [-0.05, 0) is 67.2 Å². The molecule has 12 nitrogen and oxygen atoms in total. The number of imide groups is 1. The highest BCUT2D eigenvalue weighted by atomic mass is 16.5. The third kappa shape index (κ3) is 14.6. The van der Waals surface area contributed by atoms with Crippen molar-refractivity contribution in [3.63, 3.8) is 0 Å². The van der Waals surface area contributed by atoms with E-state index in [9.17, 15) is 39.6 Å². The fourth-order valence-corrected chi connectivity index (χ4v) is 6.56. The number of allylic oxidation sites excluding steroid dienone is 7. The molecular formula is C47H60N2O10. The zero-order chi connectivity index (χ0) is 42.0. The van der Waals surface area contributed by atoms with Gasteiger partial charge in [0, 0.05) is 44.2 Å². The molecular weight excluding hydrogens is 753 g/mol. The number of phenolic OH excluding ortho intramolecular Hbond substituents is 2. The molecule has 2 aliphatic heterocycles. The second-order valence-corrected chi connectivity index (χ2v) is 14.7. The second-order valence-electron chi connectivity index (χ2n) is 14.7. The first-order valence-electron chi connectivity index (χ1n) is 19.9. The Morgan fingerprint density at radius 3 is 1.78 bits per heavy atom. The molecule has 0 spiro atoms. The maximum Gasteiger partial charge on any atom is 0.342 e. The zero-order valence-corrected chi connectivity index (χ0v) is 33.4. The standard InChI is InChI=1S/C46H56N2O10.CH4/c1-4-5-6-7-26-41(53)48(28-15-23-36-30-40(52)32(3)17-9-11-19-34-21-13-25-38(50)43(34)45(55)58-36)46(56)47-27-14-22-35-29-39(51)31(2)16-8-10-18-33-20-12-24-37(49)42(33)44(54)57-35;/h5-15,20-21,24-28,31-32,35-36,39-40,49-52H,4,16-19,22-23,29-30H2,1-3H3,(H,47,56);1H4/b6-5-,10-8+,11-9+,26-7-,27-14+,28-15+;/t31-,32-,35?,36-,39+,40+;/m0./s1. The van der Waals surface area contributed by atoms with E-state index in [4.69, 9.17) is 9.47 Å². The molecule has 2 heterocycles. The van der Waals surface area contributed by atoms with Gasteiger partial charge in [-0.2, -0.15) is 0 Å². The van der Waals surface area contributed by atoms with Gasteiger partial charge in [0.15, 0.2) is 0 Å². The number of amides is 3. The third-order valence-corrected chi connectivity index (χ3v) is 10.1. The van der Waals surface area contributed by atoms with Crippen molar-refractivity contribution >= 4 is 23.9 Å². The fourth-order valence-electron chi connectivity index (χ4n) is 6.56. The Hall–Kier alpha value is -5.72. The summed E-state index contributed by atoms with van der Waals surface area (Å²) in [7, 11) is 0. The van der Waals surface area contributed by atoms with E-state index in [0.29, 0.717) is 36.8 Å². The summed E-state index contributed by atoms with van der Waals surface area (Å²) < 4.78 is 11.6. The van der Waals surface area contributed by atoms with Gasteiger partial charge < -0.3 is 35.2 Å². The summed E-state index contributed by atoms with van der Waals surface area (Å²) in [6.45, 7) is 5.73. The maximum absolute atomic E-state index is 13.5. The van der Waals surface area contributed by atoms with Gasteiger partial charge in [0.2, 0.25) is 0 Å². The highest BCUT2D eigenvalue weighted by Gasteiger charge is 2.28. The van der Waals surface area contributed by atoms with E-state index in [0.717, 1.165) is 11.3 Å². The summed E-state index contributed by atoms with van der Waals surface area (Å²) in [5.41, 5.74) is 1.28. The lowest BCUT2D eigenvalue weighted by Crippen LogP contribution is -2.37. The number of aliphatic hydroxyl groups excluding tert-OH is 2. The van der Waals surface area contributed by atoms with Crippen LogP contribution in [0, 0.1) is 11.8 Å². The van der Waals surface area contributed by atoms with Crippen LogP contribution in [0.3, 0.4) is 0 Å². The molecule has 2 aliphatic rings. The number of carbonyl (C=O) groups is 4. The molecule has 59 heavy (non-hydrogen) atoms. The van der Waals surface area contributed by atoms with Gasteiger partial charge in [-0.1, -0.05) is 107 Å². The Kier molecular flexibility index (Phi) is 19.6. The van der Waals surface area contributed by atoms with Crippen LogP contribution in [0.1, 0.15) is 105 Å². The Morgan fingerprint density at radius 1 is 0.763 bits per heavy atom. The number of nitrogens with zero attached hydrogens (tertiary/aromatic N) is 1. The van der Waals surface area contributed by atoms with Gasteiger partial charge in [0.05, 0.1) is 12.2 Å². The number of hydrogen-bond acceptors (Lipinski definition) is 10. The summed E-state index contributed by atoms with van der Waals surface area (Å²) in [4.78, 5) is 54.3. The smallest absolute Gasteiger partial charge is 0.342 e. The molecule has 0 fully saturated rings. The largest absolute Gasteiger partial charge is 0.507 e. The molecule has 3 amide bonds. The van der Waals surface area contributed by atoms with Crippen LogP contribution >= 0.6 is 0 Å². The maximum atomic E-state index is 13.5. The molecule has 0 radical (unpaired) electrons. The number of phenols is 2. The first-order chi connectivity index (χ1) is 27.9. The van der Waals surface area contributed by atoms with Crippen molar-refractivity contribution in [2.24, 2.45) is 11.8 Å². The number of esters is 2. The average Bonchev–Trinajstić information content (AvgIpc) is 3.18. The molecule has 0 saturated carbocycles. The zero-order valence-electron chi connectivity index (χ0n) is 33.4. The van der Waals surface area contributed by atoms with Gasteiger partial charge in [-0.3, -0.25) is 4.79 Å². The Morgan fingerprint density at radius 2 is 1.27 bits per heavy atom. The quantitative estimate of drug-likeness (QED) is 0.0718. The van der Waals surface area contributed by atoms with Crippen LogP contribution in [-0.2, 0) is 27.1 Å². The molecule has 4 rings (SSSR count). The monoisotopic (exact) mass is 812 g/mol. The second kappa shape index (κ2) is 24.3. The number of aliphatic hydroxyl groups is 2. The van der Waals surface area contributed by atoms with E-state index in [1.807, 2.05) is 51.2 Å². The summed E-state index contributed by atoms with van der Waals surface area (Å²) in [5.74, 6) is -2.87. The van der Waals surface area contributed by atoms with Crippen molar-refractivity contribution in [2.45, 2.75) is 110 Å². The summed E-state index contributed by atoms with van der Waals surface area (Å²) in [6, 6.07) is 8.79. The van der Waals surface area contributed by atoms with Gasteiger partial charge in [-0.15, -0.1) is 0 Å². The van der Waals surface area contributed by atoms with E-state index in [1.165, 1.54) is 42.8 Å². The van der Waals surface area contributed by atoms with Crippen LogP contribution in [0.25, 0.3) is 0 Å². The Bertz CT molecular complexity index is 1910. The number of ether oxygens (including phenoxy) is 2. The van der Waals surface area contributed by atoms with Gasteiger partial charge in [0.25, 0.3) is 5.91 Å². The molecule has 2 aromatic rings. The number of cyclic esters (lactones) is 2. The third-order valence-electron chi connectivity index (χ3n) is 10.1. The van der Waals surface area contributed by atoms with E-state index >= 15 is 0 Å². The topological polar surface area (TPSA) is 183 Å². The number of nitrogens with one attached hydrogen (secondary N) is 1. The minimum absolute atomic E-state index is 0. The molecule has 0 saturated heterocycles. The number of aromatic hydroxyl groups is 2. The molecule has 2 aromatic carbocycles. The van der Waals surface area contributed by atoms with Gasteiger partial charge >= 0.3 is 18.0 Å². The van der Waals surface area contributed by atoms with Crippen LogP contribution < -0.4 is 5.32 Å². The van der Waals surface area contributed by atoms with E-state index in [-0.39, 0.29) is 67.6 Å². The van der Waals surface area contributed by atoms with Crippen LogP contribution in [0.5, 0.6) is 11.5 Å². The Balaban J connectivity index is 0.00000930. The predicted octanol–water partition coefficient (Wildman–Crippen LogP) is 8.13. The molecule has 318 valence electrons. The number of benzene rings is 2. The minimum atomic E-state index is -0.864.